The van der Waals surface area contributed by atoms with Gasteiger partial charge in [-0.15, -0.1) is 0 Å². The zero-order valence-corrected chi connectivity index (χ0v) is 12.4. The van der Waals surface area contributed by atoms with E-state index in [0.717, 1.165) is 27.3 Å². The Morgan fingerprint density at radius 1 is 1.00 bits per heavy atom. The number of nitrogens with zero attached hydrogens (tertiary/aromatic N) is 2. The van der Waals surface area contributed by atoms with Crippen LogP contribution in [0.3, 0.4) is 0 Å². The second-order valence-corrected chi connectivity index (χ2v) is 5.02. The van der Waals surface area contributed by atoms with Gasteiger partial charge in [-0.05, 0) is 23.8 Å². The molecule has 0 fully saturated rings. The molecule has 0 radical (unpaired) electrons. The molecule has 0 atom stereocenters. The maximum atomic E-state index is 6.18. The lowest BCUT2D eigenvalue weighted by Crippen LogP contribution is -2.05. The number of halogens is 1. The summed E-state index contributed by atoms with van der Waals surface area (Å²) in [6.45, 7) is 0.615. The lowest BCUT2D eigenvalue weighted by atomic mass is 10.2. The lowest BCUT2D eigenvalue weighted by molar-refractivity contribution is 1.10. The molecule has 0 unspecified atom stereocenters. The first kappa shape index (κ1) is 13.6. The Morgan fingerprint density at radius 3 is 2.57 bits per heavy atom. The van der Waals surface area contributed by atoms with Gasteiger partial charge in [-0.3, -0.25) is 0 Å². The van der Waals surface area contributed by atoms with E-state index >= 15 is 0 Å². The fourth-order valence-corrected chi connectivity index (χ4v) is 2.35. The number of nitrogens with one attached hydrogen (secondary N) is 2. The summed E-state index contributed by atoms with van der Waals surface area (Å²) in [7, 11) is 1.81. The van der Waals surface area contributed by atoms with Crippen LogP contribution in [0.4, 0.5) is 11.8 Å². The maximum Gasteiger partial charge on any atom is 0.224 e. The third-order valence-corrected chi connectivity index (χ3v) is 3.60. The SMILES string of the molecule is CNc1nc(NCc2ccccc2Cl)c2ccccc2n1. The number of hydrogen-bond acceptors (Lipinski definition) is 4. The zero-order chi connectivity index (χ0) is 14.7. The Bertz CT molecular complexity index is 773. The van der Waals surface area contributed by atoms with Gasteiger partial charge in [-0.2, -0.15) is 4.98 Å². The van der Waals surface area contributed by atoms with Crippen molar-refractivity contribution in [2.24, 2.45) is 0 Å². The number of para-hydroxylation sites is 1. The monoisotopic (exact) mass is 298 g/mol. The summed E-state index contributed by atoms with van der Waals surface area (Å²) in [6, 6.07) is 15.7. The van der Waals surface area contributed by atoms with Gasteiger partial charge < -0.3 is 10.6 Å². The molecule has 2 N–H and O–H groups in total. The van der Waals surface area contributed by atoms with Gasteiger partial charge in [0.1, 0.15) is 5.82 Å². The zero-order valence-electron chi connectivity index (χ0n) is 11.6. The van der Waals surface area contributed by atoms with E-state index in [4.69, 9.17) is 11.6 Å². The Morgan fingerprint density at radius 2 is 1.76 bits per heavy atom. The van der Waals surface area contributed by atoms with Crippen molar-refractivity contribution in [3.05, 3.63) is 59.1 Å². The molecule has 0 saturated carbocycles. The predicted octanol–water partition coefficient (Wildman–Crippen LogP) is 3.94. The van der Waals surface area contributed by atoms with Gasteiger partial charge in [0.2, 0.25) is 5.95 Å². The molecular weight excluding hydrogens is 284 g/mol. The van der Waals surface area contributed by atoms with Gasteiger partial charge in [0, 0.05) is 24.0 Å². The molecule has 0 aliphatic rings. The first-order chi connectivity index (χ1) is 10.3. The van der Waals surface area contributed by atoms with Crippen molar-refractivity contribution in [1.29, 1.82) is 0 Å². The molecular formula is C16H15ClN4. The summed E-state index contributed by atoms with van der Waals surface area (Å²) < 4.78 is 0. The van der Waals surface area contributed by atoms with Crippen LogP contribution in [0.2, 0.25) is 5.02 Å². The average molecular weight is 299 g/mol. The molecule has 21 heavy (non-hydrogen) atoms. The summed E-state index contributed by atoms with van der Waals surface area (Å²) in [6.07, 6.45) is 0. The van der Waals surface area contributed by atoms with Crippen LogP contribution in [-0.4, -0.2) is 17.0 Å². The predicted molar refractivity (Wildman–Crippen MR) is 87.9 cm³/mol. The minimum atomic E-state index is 0.593. The van der Waals surface area contributed by atoms with E-state index in [1.807, 2.05) is 55.6 Å². The topological polar surface area (TPSA) is 49.8 Å². The van der Waals surface area contributed by atoms with Crippen LogP contribution >= 0.6 is 11.6 Å². The smallest absolute Gasteiger partial charge is 0.224 e. The van der Waals surface area contributed by atoms with Crippen LogP contribution < -0.4 is 10.6 Å². The molecule has 4 nitrogen and oxygen atoms in total. The van der Waals surface area contributed by atoms with Gasteiger partial charge in [-0.1, -0.05) is 41.9 Å². The van der Waals surface area contributed by atoms with Gasteiger partial charge in [0.05, 0.1) is 5.52 Å². The highest BCUT2D eigenvalue weighted by Gasteiger charge is 2.07. The quantitative estimate of drug-likeness (QED) is 0.766. The van der Waals surface area contributed by atoms with E-state index in [9.17, 15) is 0 Å². The second-order valence-electron chi connectivity index (χ2n) is 4.61. The number of benzene rings is 2. The molecule has 3 rings (SSSR count). The molecule has 0 saturated heterocycles. The lowest BCUT2D eigenvalue weighted by Gasteiger charge is -2.11. The van der Waals surface area contributed by atoms with E-state index in [1.54, 1.807) is 0 Å². The molecule has 0 amide bonds. The largest absolute Gasteiger partial charge is 0.365 e. The van der Waals surface area contributed by atoms with Crippen LogP contribution in [0.1, 0.15) is 5.56 Å². The normalized spacial score (nSPS) is 10.6. The fourth-order valence-electron chi connectivity index (χ4n) is 2.14. The first-order valence-corrected chi connectivity index (χ1v) is 7.07. The maximum absolute atomic E-state index is 6.18. The van der Waals surface area contributed by atoms with Crippen LogP contribution in [0.15, 0.2) is 48.5 Å². The third-order valence-electron chi connectivity index (χ3n) is 3.23. The van der Waals surface area contributed by atoms with Crippen molar-refractivity contribution in [3.63, 3.8) is 0 Å². The molecule has 1 aromatic heterocycles. The molecule has 106 valence electrons. The van der Waals surface area contributed by atoms with Crippen molar-refractivity contribution >= 4 is 34.3 Å². The number of fused-ring (bicyclic) bond motifs is 1. The molecule has 0 bridgehead atoms. The highest BCUT2D eigenvalue weighted by molar-refractivity contribution is 6.31. The van der Waals surface area contributed by atoms with Gasteiger partial charge >= 0.3 is 0 Å². The summed E-state index contributed by atoms with van der Waals surface area (Å²) in [5.74, 6) is 1.39. The molecule has 0 spiro atoms. The summed E-state index contributed by atoms with van der Waals surface area (Å²) in [5.41, 5.74) is 1.94. The van der Waals surface area contributed by atoms with E-state index < -0.39 is 0 Å². The number of aromatic nitrogens is 2. The highest BCUT2D eigenvalue weighted by atomic mass is 35.5. The Kier molecular flexibility index (Phi) is 3.88. The van der Waals surface area contributed by atoms with Crippen molar-refractivity contribution in [1.82, 2.24) is 9.97 Å². The van der Waals surface area contributed by atoms with Crippen LogP contribution in [0.25, 0.3) is 10.9 Å². The molecule has 2 aromatic carbocycles. The summed E-state index contributed by atoms with van der Waals surface area (Å²) in [5, 5.41) is 8.06. The number of rotatable bonds is 4. The van der Waals surface area contributed by atoms with Gasteiger partial charge in [-0.25, -0.2) is 4.98 Å². The Labute approximate surface area is 128 Å². The van der Waals surface area contributed by atoms with Gasteiger partial charge in [0.15, 0.2) is 0 Å². The van der Waals surface area contributed by atoms with Crippen LogP contribution in [0, 0.1) is 0 Å². The third kappa shape index (κ3) is 2.90. The fraction of sp³-hybridized carbons (Fsp3) is 0.125. The second kappa shape index (κ2) is 5.97. The Balaban J connectivity index is 1.94. The number of hydrogen-bond donors (Lipinski definition) is 2. The van der Waals surface area contributed by atoms with E-state index in [0.29, 0.717) is 12.5 Å². The van der Waals surface area contributed by atoms with E-state index in [2.05, 4.69) is 20.6 Å². The van der Waals surface area contributed by atoms with Crippen molar-refractivity contribution in [3.8, 4) is 0 Å². The van der Waals surface area contributed by atoms with Gasteiger partial charge in [0.25, 0.3) is 0 Å². The van der Waals surface area contributed by atoms with Crippen molar-refractivity contribution < 1.29 is 0 Å². The molecule has 1 heterocycles. The minimum Gasteiger partial charge on any atom is -0.365 e. The van der Waals surface area contributed by atoms with Crippen molar-refractivity contribution in [2.75, 3.05) is 17.7 Å². The molecule has 0 aliphatic carbocycles. The van der Waals surface area contributed by atoms with Crippen LogP contribution in [0.5, 0.6) is 0 Å². The van der Waals surface area contributed by atoms with Crippen molar-refractivity contribution in [2.45, 2.75) is 6.54 Å². The number of anilines is 2. The van der Waals surface area contributed by atoms with E-state index in [1.165, 1.54) is 0 Å². The van der Waals surface area contributed by atoms with E-state index in [-0.39, 0.29) is 0 Å². The average Bonchev–Trinajstić information content (AvgIpc) is 2.53. The molecule has 5 heteroatoms. The molecule has 0 aliphatic heterocycles. The molecule has 3 aromatic rings. The Hall–Kier alpha value is -2.33. The first-order valence-electron chi connectivity index (χ1n) is 6.70. The highest BCUT2D eigenvalue weighted by Crippen LogP contribution is 2.23. The summed E-state index contributed by atoms with van der Waals surface area (Å²) >= 11 is 6.18. The standard InChI is InChI=1S/C16H15ClN4/c1-18-16-20-14-9-5-3-7-12(14)15(21-16)19-10-11-6-2-4-8-13(11)17/h2-9H,10H2,1H3,(H2,18,19,20,21). The minimum absolute atomic E-state index is 0.593. The summed E-state index contributed by atoms with van der Waals surface area (Å²) in [4.78, 5) is 8.93. The van der Waals surface area contributed by atoms with Crippen LogP contribution in [-0.2, 0) is 6.54 Å².